The van der Waals surface area contributed by atoms with Crippen molar-refractivity contribution < 1.29 is 14.3 Å². The normalized spacial score (nSPS) is 10.4. The van der Waals surface area contributed by atoms with E-state index in [1.54, 1.807) is 24.5 Å². The lowest BCUT2D eigenvalue weighted by Crippen LogP contribution is -2.30. The lowest BCUT2D eigenvalue weighted by molar-refractivity contribution is -0.133. The molecule has 0 spiro atoms. The Morgan fingerprint density at radius 1 is 1.38 bits per heavy atom. The van der Waals surface area contributed by atoms with Crippen molar-refractivity contribution in [3.8, 4) is 0 Å². The second-order valence-corrected chi connectivity index (χ2v) is 8.19. The van der Waals surface area contributed by atoms with Gasteiger partial charge in [0, 0.05) is 18.1 Å². The van der Waals surface area contributed by atoms with Crippen molar-refractivity contribution in [2.24, 2.45) is 0 Å². The van der Waals surface area contributed by atoms with Crippen LogP contribution < -0.4 is 0 Å². The van der Waals surface area contributed by atoms with Gasteiger partial charge in [-0.2, -0.15) is 11.3 Å². The van der Waals surface area contributed by atoms with Gasteiger partial charge in [0.05, 0.1) is 3.79 Å². The fraction of sp³-hybridized carbons (Fsp3) is 0.231. The molecule has 0 bridgehead atoms. The maximum Gasteiger partial charge on any atom is 0.348 e. The molecule has 0 radical (unpaired) electrons. The molecule has 2 aromatic rings. The minimum absolute atomic E-state index is 0.232. The molecule has 0 aliphatic rings. The highest BCUT2D eigenvalue weighted by Crippen LogP contribution is 2.32. The van der Waals surface area contributed by atoms with Gasteiger partial charge in [0.2, 0.25) is 0 Å². The molecule has 2 aromatic heterocycles. The molecule has 2 heterocycles. The quantitative estimate of drug-likeness (QED) is 0.640. The average molecular weight is 453 g/mol. The third-order valence-corrected chi connectivity index (χ3v) is 6.57. The molecule has 0 saturated carbocycles. The first-order chi connectivity index (χ1) is 9.97. The molecule has 0 unspecified atom stereocenters. The highest BCUT2D eigenvalue weighted by Gasteiger charge is 2.16. The van der Waals surface area contributed by atoms with Gasteiger partial charge < -0.3 is 9.64 Å². The zero-order chi connectivity index (χ0) is 15.4. The first-order valence-corrected chi connectivity index (χ1v) is 9.19. The molecule has 112 valence electrons. The molecule has 0 aromatic carbocycles. The van der Waals surface area contributed by atoms with Crippen LogP contribution in [-0.4, -0.2) is 30.4 Å². The Hall–Kier alpha value is -0.700. The van der Waals surface area contributed by atoms with Gasteiger partial charge in [-0.25, -0.2) is 4.79 Å². The third kappa shape index (κ3) is 4.64. The molecule has 0 N–H and O–H groups in total. The van der Waals surface area contributed by atoms with Crippen LogP contribution >= 0.6 is 54.5 Å². The van der Waals surface area contributed by atoms with Crippen LogP contribution in [-0.2, 0) is 16.1 Å². The van der Waals surface area contributed by atoms with E-state index in [2.05, 4.69) is 31.9 Å². The highest BCUT2D eigenvalue weighted by molar-refractivity contribution is 9.13. The van der Waals surface area contributed by atoms with Crippen molar-refractivity contribution in [1.29, 1.82) is 0 Å². The number of thiophene rings is 2. The van der Waals surface area contributed by atoms with Crippen LogP contribution in [0, 0.1) is 0 Å². The number of halogens is 2. The minimum atomic E-state index is -0.497. The average Bonchev–Trinajstić information content (AvgIpc) is 3.06. The molecule has 2 rings (SSSR count). The predicted molar refractivity (Wildman–Crippen MR) is 90.8 cm³/mol. The number of hydrogen-bond donors (Lipinski definition) is 0. The summed E-state index contributed by atoms with van der Waals surface area (Å²) in [5.74, 6) is -0.729. The molecule has 21 heavy (non-hydrogen) atoms. The van der Waals surface area contributed by atoms with Gasteiger partial charge in [-0.15, -0.1) is 11.3 Å². The van der Waals surface area contributed by atoms with Crippen LogP contribution in [0.4, 0.5) is 0 Å². The van der Waals surface area contributed by atoms with Crippen molar-refractivity contribution in [3.63, 3.8) is 0 Å². The minimum Gasteiger partial charge on any atom is -0.451 e. The summed E-state index contributed by atoms with van der Waals surface area (Å²) in [4.78, 5) is 25.7. The summed E-state index contributed by atoms with van der Waals surface area (Å²) in [6, 6.07) is 3.62. The van der Waals surface area contributed by atoms with Gasteiger partial charge in [-0.1, -0.05) is 0 Å². The molecular formula is C13H11Br2NO3S2. The highest BCUT2D eigenvalue weighted by atomic mass is 79.9. The number of esters is 1. The molecule has 0 saturated heterocycles. The Kier molecular flexibility index (Phi) is 5.98. The SMILES string of the molecule is CN(Cc1ccsc1)C(=O)COC(=O)c1cc(Br)c(Br)s1. The van der Waals surface area contributed by atoms with E-state index in [9.17, 15) is 9.59 Å². The van der Waals surface area contributed by atoms with Crippen LogP contribution in [0.15, 0.2) is 31.2 Å². The summed E-state index contributed by atoms with van der Waals surface area (Å²) in [6.45, 7) is 0.253. The first-order valence-electron chi connectivity index (χ1n) is 5.84. The topological polar surface area (TPSA) is 46.6 Å². The number of ether oxygens (including phenoxy) is 1. The molecule has 0 fully saturated rings. The molecule has 4 nitrogen and oxygen atoms in total. The molecule has 8 heteroatoms. The summed E-state index contributed by atoms with van der Waals surface area (Å²) in [5, 5.41) is 3.94. The lowest BCUT2D eigenvalue weighted by Gasteiger charge is -2.16. The Bertz CT molecular complexity index is 620. The number of amides is 1. The van der Waals surface area contributed by atoms with Gasteiger partial charge in [-0.3, -0.25) is 4.79 Å². The van der Waals surface area contributed by atoms with E-state index in [0.29, 0.717) is 11.4 Å². The molecule has 0 atom stereocenters. The number of carbonyl (C=O) groups is 2. The third-order valence-electron chi connectivity index (χ3n) is 2.60. The van der Waals surface area contributed by atoms with Crippen LogP contribution in [0.5, 0.6) is 0 Å². The van der Waals surface area contributed by atoms with E-state index >= 15 is 0 Å². The fourth-order valence-corrected chi connectivity index (χ4v) is 4.09. The van der Waals surface area contributed by atoms with E-state index in [0.717, 1.165) is 13.8 Å². The van der Waals surface area contributed by atoms with Crippen molar-refractivity contribution in [2.45, 2.75) is 6.54 Å². The maximum atomic E-state index is 11.9. The van der Waals surface area contributed by atoms with Crippen molar-refractivity contribution >= 4 is 66.4 Å². The van der Waals surface area contributed by atoms with Gasteiger partial charge in [0.15, 0.2) is 6.61 Å². The van der Waals surface area contributed by atoms with E-state index in [4.69, 9.17) is 4.74 Å². The fourth-order valence-electron chi connectivity index (χ4n) is 1.50. The molecule has 1 amide bonds. The smallest absolute Gasteiger partial charge is 0.348 e. The molecule has 0 aliphatic carbocycles. The summed E-state index contributed by atoms with van der Waals surface area (Å²) in [7, 11) is 1.69. The Balaban J connectivity index is 1.84. The van der Waals surface area contributed by atoms with Crippen molar-refractivity contribution in [3.05, 3.63) is 41.6 Å². The van der Waals surface area contributed by atoms with Gasteiger partial charge in [-0.05, 0) is 60.3 Å². The lowest BCUT2D eigenvalue weighted by atomic mass is 10.3. The number of nitrogens with zero attached hydrogens (tertiary/aromatic N) is 1. The standard InChI is InChI=1S/C13H11Br2NO3S2/c1-16(5-8-2-3-20-7-8)11(17)6-19-13(18)10-4-9(14)12(15)21-10/h2-4,7H,5-6H2,1H3. The first kappa shape index (κ1) is 16.7. The molecular weight excluding hydrogens is 442 g/mol. The van der Waals surface area contributed by atoms with Gasteiger partial charge in [0.1, 0.15) is 4.88 Å². The summed E-state index contributed by atoms with van der Waals surface area (Å²) < 4.78 is 6.65. The van der Waals surface area contributed by atoms with E-state index in [1.165, 1.54) is 16.2 Å². The van der Waals surface area contributed by atoms with Crippen LogP contribution in [0.3, 0.4) is 0 Å². The summed E-state index contributed by atoms with van der Waals surface area (Å²) >= 11 is 9.45. The van der Waals surface area contributed by atoms with Gasteiger partial charge >= 0.3 is 5.97 Å². The largest absolute Gasteiger partial charge is 0.451 e. The zero-order valence-corrected chi connectivity index (χ0v) is 15.8. The Morgan fingerprint density at radius 2 is 2.14 bits per heavy atom. The summed E-state index contributed by atoms with van der Waals surface area (Å²) in [6.07, 6.45) is 0. The second-order valence-electron chi connectivity index (χ2n) is 4.19. The van der Waals surface area contributed by atoms with Crippen molar-refractivity contribution in [2.75, 3.05) is 13.7 Å². The number of hydrogen-bond acceptors (Lipinski definition) is 5. The van der Waals surface area contributed by atoms with Crippen LogP contribution in [0.1, 0.15) is 15.2 Å². The van der Waals surface area contributed by atoms with Crippen LogP contribution in [0.25, 0.3) is 0 Å². The number of rotatable bonds is 5. The van der Waals surface area contributed by atoms with E-state index < -0.39 is 5.97 Å². The summed E-state index contributed by atoms with van der Waals surface area (Å²) in [5.41, 5.74) is 1.06. The zero-order valence-electron chi connectivity index (χ0n) is 11.0. The van der Waals surface area contributed by atoms with Gasteiger partial charge in [0.25, 0.3) is 5.91 Å². The second kappa shape index (κ2) is 7.53. The molecule has 0 aliphatic heterocycles. The Labute approximate surface area is 147 Å². The maximum absolute atomic E-state index is 11.9. The monoisotopic (exact) mass is 451 g/mol. The Morgan fingerprint density at radius 3 is 2.71 bits per heavy atom. The van der Waals surface area contributed by atoms with Crippen LogP contribution in [0.2, 0.25) is 0 Å². The van der Waals surface area contributed by atoms with Crippen molar-refractivity contribution in [1.82, 2.24) is 4.90 Å². The number of likely N-dealkylation sites (N-methyl/N-ethyl adjacent to an activating group) is 1. The van der Waals surface area contributed by atoms with E-state index in [1.807, 2.05) is 16.8 Å². The predicted octanol–water partition coefficient (Wildman–Crippen LogP) is 4.15. The number of carbonyl (C=O) groups excluding carboxylic acids is 2. The van der Waals surface area contributed by atoms with E-state index in [-0.39, 0.29) is 12.5 Å².